The third-order valence-electron chi connectivity index (χ3n) is 5.55. The lowest BCUT2D eigenvalue weighted by atomic mass is 10.2. The fraction of sp³-hybridized carbons (Fsp3) is 0.348. The summed E-state index contributed by atoms with van der Waals surface area (Å²) in [5.41, 5.74) is 0.369. The number of fused-ring (bicyclic) bond motifs is 2. The SMILES string of the molecule is O=C([C@@H]1COc2ccccc2O1)N(Cc1nc2ccccc2c(=O)[nH]1)C[C@H]1CCCO1. The second-order valence-electron chi connectivity index (χ2n) is 7.75. The highest BCUT2D eigenvalue weighted by Gasteiger charge is 2.33. The first-order chi connectivity index (χ1) is 15.2. The Bertz CT molecular complexity index is 1160. The number of aromatic nitrogens is 2. The fourth-order valence-corrected chi connectivity index (χ4v) is 4.00. The van der Waals surface area contributed by atoms with Crippen LogP contribution in [0.3, 0.4) is 0 Å². The maximum atomic E-state index is 13.4. The first-order valence-electron chi connectivity index (χ1n) is 10.4. The minimum absolute atomic E-state index is 0.0482. The summed E-state index contributed by atoms with van der Waals surface area (Å²) in [7, 11) is 0. The molecule has 2 aliphatic heterocycles. The van der Waals surface area contributed by atoms with Crippen molar-refractivity contribution in [2.24, 2.45) is 0 Å². The molecule has 0 radical (unpaired) electrons. The highest BCUT2D eigenvalue weighted by atomic mass is 16.6. The van der Waals surface area contributed by atoms with Gasteiger partial charge in [-0.3, -0.25) is 9.59 Å². The molecule has 0 spiro atoms. The molecule has 0 bridgehead atoms. The van der Waals surface area contributed by atoms with Crippen molar-refractivity contribution >= 4 is 16.8 Å². The molecule has 3 aromatic rings. The smallest absolute Gasteiger partial charge is 0.267 e. The van der Waals surface area contributed by atoms with E-state index < -0.39 is 6.10 Å². The second kappa shape index (κ2) is 8.39. The van der Waals surface area contributed by atoms with Crippen LogP contribution in [0.1, 0.15) is 18.7 Å². The third-order valence-corrected chi connectivity index (χ3v) is 5.55. The van der Waals surface area contributed by atoms with Crippen molar-refractivity contribution in [1.29, 1.82) is 0 Å². The van der Waals surface area contributed by atoms with Gasteiger partial charge < -0.3 is 24.1 Å². The zero-order chi connectivity index (χ0) is 21.2. The Hall–Kier alpha value is -3.39. The van der Waals surface area contributed by atoms with E-state index in [0.717, 1.165) is 12.8 Å². The Morgan fingerprint density at radius 3 is 2.77 bits per heavy atom. The first-order valence-corrected chi connectivity index (χ1v) is 10.4. The molecule has 31 heavy (non-hydrogen) atoms. The summed E-state index contributed by atoms with van der Waals surface area (Å²) in [6, 6.07) is 14.4. The van der Waals surface area contributed by atoms with Crippen LogP contribution >= 0.6 is 0 Å². The number of hydrogen-bond donors (Lipinski definition) is 1. The molecule has 1 amide bonds. The third kappa shape index (κ3) is 4.11. The Labute approximate surface area is 178 Å². The van der Waals surface area contributed by atoms with Crippen molar-refractivity contribution in [2.45, 2.75) is 31.6 Å². The van der Waals surface area contributed by atoms with Crippen LogP contribution < -0.4 is 15.0 Å². The van der Waals surface area contributed by atoms with Gasteiger partial charge in [-0.25, -0.2) is 4.98 Å². The molecular formula is C23H23N3O5. The van der Waals surface area contributed by atoms with E-state index in [2.05, 4.69) is 9.97 Å². The van der Waals surface area contributed by atoms with Crippen LogP contribution in [0.2, 0.25) is 0 Å². The van der Waals surface area contributed by atoms with Crippen molar-refractivity contribution in [3.63, 3.8) is 0 Å². The first kappa shape index (κ1) is 19.6. The molecular weight excluding hydrogens is 398 g/mol. The normalized spacial score (nSPS) is 20.0. The van der Waals surface area contributed by atoms with Gasteiger partial charge in [0.15, 0.2) is 11.5 Å². The van der Waals surface area contributed by atoms with E-state index in [0.29, 0.717) is 41.4 Å². The van der Waals surface area contributed by atoms with E-state index in [-0.39, 0.29) is 30.7 Å². The van der Waals surface area contributed by atoms with Crippen LogP contribution in [0.4, 0.5) is 0 Å². The monoisotopic (exact) mass is 421 g/mol. The van der Waals surface area contributed by atoms with E-state index in [4.69, 9.17) is 14.2 Å². The Morgan fingerprint density at radius 1 is 1.13 bits per heavy atom. The van der Waals surface area contributed by atoms with Crippen LogP contribution in [-0.2, 0) is 16.1 Å². The highest BCUT2D eigenvalue weighted by molar-refractivity contribution is 5.82. The summed E-state index contributed by atoms with van der Waals surface area (Å²) in [4.78, 5) is 34.9. The lowest BCUT2D eigenvalue weighted by molar-refractivity contribution is -0.143. The zero-order valence-electron chi connectivity index (χ0n) is 17.0. The van der Waals surface area contributed by atoms with Gasteiger partial charge in [-0.2, -0.15) is 0 Å². The highest BCUT2D eigenvalue weighted by Crippen LogP contribution is 2.31. The molecule has 0 unspecified atom stereocenters. The van der Waals surface area contributed by atoms with Crippen LogP contribution in [0, 0.1) is 0 Å². The number of carbonyl (C=O) groups is 1. The maximum absolute atomic E-state index is 13.4. The van der Waals surface area contributed by atoms with E-state index in [1.807, 2.05) is 24.3 Å². The number of rotatable bonds is 5. The average molecular weight is 421 g/mol. The van der Waals surface area contributed by atoms with Gasteiger partial charge in [0.05, 0.1) is 23.6 Å². The summed E-state index contributed by atoms with van der Waals surface area (Å²) in [6.45, 7) is 1.37. The van der Waals surface area contributed by atoms with E-state index >= 15 is 0 Å². The van der Waals surface area contributed by atoms with Crippen molar-refractivity contribution in [1.82, 2.24) is 14.9 Å². The van der Waals surface area contributed by atoms with Gasteiger partial charge >= 0.3 is 0 Å². The number of amides is 1. The molecule has 8 heteroatoms. The van der Waals surface area contributed by atoms with Gasteiger partial charge in [0.25, 0.3) is 11.5 Å². The summed E-state index contributed by atoms with van der Waals surface area (Å²) < 4.78 is 17.4. The Kier molecular flexibility index (Phi) is 5.30. The number of nitrogens with one attached hydrogen (secondary N) is 1. The van der Waals surface area contributed by atoms with Crippen molar-refractivity contribution < 1.29 is 19.0 Å². The van der Waals surface area contributed by atoms with Crippen LogP contribution in [0.25, 0.3) is 10.9 Å². The van der Waals surface area contributed by atoms with Gasteiger partial charge in [0.1, 0.15) is 12.4 Å². The average Bonchev–Trinajstić information content (AvgIpc) is 3.31. The standard InChI is InChI=1S/C23H23N3O5/c27-22-16-7-1-2-8-17(16)24-21(25-22)13-26(12-15-6-5-11-29-15)23(28)20-14-30-18-9-3-4-10-19(18)31-20/h1-4,7-10,15,20H,5-6,11-14H2,(H,24,25,27)/t15-,20+/m1/s1. The Morgan fingerprint density at radius 2 is 1.94 bits per heavy atom. The van der Waals surface area contributed by atoms with Crippen molar-refractivity contribution in [2.75, 3.05) is 19.8 Å². The molecule has 3 heterocycles. The predicted octanol–water partition coefficient (Wildman–Crippen LogP) is 2.27. The maximum Gasteiger partial charge on any atom is 0.267 e. The van der Waals surface area contributed by atoms with E-state index in [1.54, 1.807) is 29.2 Å². The number of carbonyl (C=O) groups excluding carboxylic acids is 1. The number of hydrogen-bond acceptors (Lipinski definition) is 6. The minimum atomic E-state index is -0.775. The summed E-state index contributed by atoms with van der Waals surface area (Å²) >= 11 is 0. The van der Waals surface area contributed by atoms with Crippen LogP contribution in [0.15, 0.2) is 53.3 Å². The van der Waals surface area contributed by atoms with Gasteiger partial charge in [0, 0.05) is 13.2 Å². The van der Waals surface area contributed by atoms with Crippen LogP contribution in [0.5, 0.6) is 11.5 Å². The van der Waals surface area contributed by atoms with E-state index in [9.17, 15) is 9.59 Å². The number of H-pyrrole nitrogens is 1. The lowest BCUT2D eigenvalue weighted by Crippen LogP contribution is -2.48. The molecule has 1 aromatic heterocycles. The summed E-state index contributed by atoms with van der Waals surface area (Å²) in [5, 5.41) is 0.517. The van der Waals surface area contributed by atoms with Crippen molar-refractivity contribution in [3.8, 4) is 11.5 Å². The largest absolute Gasteiger partial charge is 0.485 e. The molecule has 8 nitrogen and oxygen atoms in total. The number of benzene rings is 2. The number of ether oxygens (including phenoxy) is 3. The molecule has 0 aliphatic carbocycles. The van der Waals surface area contributed by atoms with Crippen LogP contribution in [-0.4, -0.2) is 52.7 Å². The second-order valence-corrected chi connectivity index (χ2v) is 7.75. The molecule has 5 rings (SSSR count). The predicted molar refractivity (Wildman–Crippen MR) is 113 cm³/mol. The summed E-state index contributed by atoms with van der Waals surface area (Å²) in [5.74, 6) is 1.37. The number of para-hydroxylation sites is 3. The fourth-order valence-electron chi connectivity index (χ4n) is 4.00. The lowest BCUT2D eigenvalue weighted by Gasteiger charge is -2.31. The molecule has 2 atom stereocenters. The molecule has 2 aromatic carbocycles. The summed E-state index contributed by atoms with van der Waals surface area (Å²) in [6.07, 6.45) is 1.03. The van der Waals surface area contributed by atoms with Gasteiger partial charge in [-0.05, 0) is 37.1 Å². The molecule has 160 valence electrons. The molecule has 1 saturated heterocycles. The van der Waals surface area contributed by atoms with Gasteiger partial charge in [-0.1, -0.05) is 24.3 Å². The quantitative estimate of drug-likeness (QED) is 0.679. The number of aromatic amines is 1. The van der Waals surface area contributed by atoms with Gasteiger partial charge in [-0.15, -0.1) is 0 Å². The van der Waals surface area contributed by atoms with Crippen molar-refractivity contribution in [3.05, 3.63) is 64.7 Å². The molecule has 2 aliphatic rings. The molecule has 1 fully saturated rings. The number of nitrogens with zero attached hydrogens (tertiary/aromatic N) is 2. The molecule has 0 saturated carbocycles. The zero-order valence-corrected chi connectivity index (χ0v) is 17.0. The van der Waals surface area contributed by atoms with E-state index in [1.165, 1.54) is 0 Å². The topological polar surface area (TPSA) is 93.8 Å². The minimum Gasteiger partial charge on any atom is -0.485 e. The van der Waals surface area contributed by atoms with Gasteiger partial charge in [0.2, 0.25) is 6.10 Å². The molecule has 1 N–H and O–H groups in total. The Balaban J connectivity index is 1.40.